The molecule has 0 saturated heterocycles. The first-order chi connectivity index (χ1) is 74.0. The summed E-state index contributed by atoms with van der Waals surface area (Å²) in [4.78, 5) is 42.1. The molecule has 0 amide bonds. The Kier molecular flexibility index (Phi) is 24.3. The van der Waals surface area contributed by atoms with Gasteiger partial charge in [0.25, 0.3) is 0 Å². The molecule has 2 aliphatic rings. The summed E-state index contributed by atoms with van der Waals surface area (Å²) in [5.41, 5.74) is 45.2. The first kappa shape index (κ1) is 91.9. The molecule has 4 aromatic heterocycles. The van der Waals surface area contributed by atoms with Crippen LogP contribution in [0.3, 0.4) is 0 Å². The number of benzene rings is 20. The number of hydrogen-bond donors (Lipinski definition) is 0. The summed E-state index contributed by atoms with van der Waals surface area (Å²) in [6.07, 6.45) is 0. The maximum absolute atomic E-state index is 5.45. The van der Waals surface area contributed by atoms with Gasteiger partial charge in [0, 0.05) is 67.3 Å². The first-order valence-electron chi connectivity index (χ1n) is 51.2. The first-order valence-corrected chi connectivity index (χ1v) is 51.2. The third-order valence-electron chi connectivity index (χ3n) is 29.7. The number of aryl methyl sites for hydroxylation is 4. The lowest BCUT2D eigenvalue weighted by Gasteiger charge is -2.34. The van der Waals surface area contributed by atoms with E-state index < -0.39 is 10.8 Å². The molecule has 0 aliphatic heterocycles. The molecular formula is C142H100N8. The van der Waals surface area contributed by atoms with E-state index >= 15 is 0 Å². The average Bonchev–Trinajstić information content (AvgIpc) is 1.54. The van der Waals surface area contributed by atoms with Crippen LogP contribution < -0.4 is 0 Å². The van der Waals surface area contributed by atoms with E-state index in [0.717, 1.165) is 156 Å². The Morgan fingerprint density at radius 1 is 0.127 bits per heavy atom. The van der Waals surface area contributed by atoms with Gasteiger partial charge in [0.2, 0.25) is 0 Å². The third-order valence-corrected chi connectivity index (χ3v) is 29.7. The van der Waals surface area contributed by atoms with E-state index in [4.69, 9.17) is 39.9 Å². The van der Waals surface area contributed by atoms with Crippen LogP contribution in [0, 0.1) is 27.7 Å². The van der Waals surface area contributed by atoms with E-state index in [-0.39, 0.29) is 0 Å². The zero-order valence-corrected chi connectivity index (χ0v) is 83.4. The second kappa shape index (κ2) is 39.7. The van der Waals surface area contributed by atoms with Gasteiger partial charge in [0.15, 0.2) is 34.9 Å². The summed E-state index contributed by atoms with van der Waals surface area (Å²) in [6.45, 7) is 8.20. The van der Waals surface area contributed by atoms with Crippen molar-refractivity contribution in [2.45, 2.75) is 38.5 Å². The molecule has 2 aliphatic carbocycles. The zero-order chi connectivity index (χ0) is 101. The Bertz CT molecular complexity index is 8950. The molecule has 8 nitrogen and oxygen atoms in total. The van der Waals surface area contributed by atoms with E-state index in [2.05, 4.69) is 548 Å². The Balaban J connectivity index is 0.000000155. The van der Waals surface area contributed by atoms with Crippen LogP contribution in [-0.4, -0.2) is 39.9 Å². The van der Waals surface area contributed by atoms with Crippen molar-refractivity contribution in [1.29, 1.82) is 0 Å². The third kappa shape index (κ3) is 17.0. The molecule has 0 saturated carbocycles. The smallest absolute Gasteiger partial charge is 0.164 e. The summed E-state index contributed by atoms with van der Waals surface area (Å²) < 4.78 is 0. The van der Waals surface area contributed by atoms with E-state index in [9.17, 15) is 0 Å². The average molecular weight is 1920 g/mol. The van der Waals surface area contributed by atoms with Gasteiger partial charge in [-0.15, -0.1) is 0 Å². The van der Waals surface area contributed by atoms with Crippen LogP contribution in [0.1, 0.15) is 67.3 Å². The quantitative estimate of drug-likeness (QED) is 0.0743. The number of hydrogen-bond acceptors (Lipinski definition) is 8. The summed E-state index contributed by atoms with van der Waals surface area (Å²) in [7, 11) is 0. The molecule has 0 radical (unpaired) electrons. The fourth-order valence-electron chi connectivity index (χ4n) is 22.8. The van der Waals surface area contributed by atoms with Crippen LogP contribution in [0.2, 0.25) is 0 Å². The van der Waals surface area contributed by atoms with Crippen molar-refractivity contribution in [3.63, 3.8) is 0 Å². The number of pyridine rings is 2. The second-order valence-electron chi connectivity index (χ2n) is 38.7. The molecule has 0 fully saturated rings. The number of rotatable bonds is 20. The van der Waals surface area contributed by atoms with Crippen molar-refractivity contribution < 1.29 is 0 Å². The summed E-state index contributed by atoms with van der Waals surface area (Å²) in [5.74, 6) is 3.55. The van der Waals surface area contributed by atoms with Gasteiger partial charge >= 0.3 is 0 Å². The Morgan fingerprint density at radius 2 is 0.373 bits per heavy atom. The van der Waals surface area contributed by atoms with E-state index in [1.807, 2.05) is 13.8 Å². The molecule has 24 aromatic rings. The van der Waals surface area contributed by atoms with Gasteiger partial charge in [-0.05, 0) is 249 Å². The standard InChI is InChI=1S/2C71H50N4/c1-47-36-42-58(48(2)72-47)59-32-18-19-34-62(59)70-74-68(73-69(75-70)54-41-43-61-60-33-20-21-35-65(60)71(66(61)46-54,56-28-14-6-15-29-56)57-30-16-7-17-31-57)53-39-37-52(38-40-53)67-63(50-24-10-4-11-25-50)44-55(49-22-8-3-9-23-49)45-64(67)51-26-12-5-13-27-51;1-47-35-41-60(48(2)72-47)54-27-20-28-55(43-54)69-73-68(74-70(75-69)56-40-42-62-61-33-18-19-34-65(61)71(66(62)46-56,58-29-14-6-15-30-58)59-31-16-7-17-32-59)53-38-36-52(37-39-53)67-63(50-23-10-4-11-24-50)44-57(49-21-8-3-9-22-49)45-64(67)51-25-12-5-13-26-51/h2*3-46H,1-2H3. The predicted octanol–water partition coefficient (Wildman–Crippen LogP) is 35.2. The highest BCUT2D eigenvalue weighted by Gasteiger charge is 2.48. The van der Waals surface area contributed by atoms with Gasteiger partial charge in [-0.3, -0.25) is 9.97 Å². The van der Waals surface area contributed by atoms with Crippen LogP contribution in [-0.2, 0) is 10.8 Å². The Labute approximate surface area is 875 Å². The van der Waals surface area contributed by atoms with Gasteiger partial charge in [-0.2, -0.15) is 0 Å². The maximum atomic E-state index is 5.45. The number of fused-ring (bicyclic) bond motifs is 6. The topological polar surface area (TPSA) is 103 Å². The van der Waals surface area contributed by atoms with E-state index in [1.54, 1.807) is 0 Å². The van der Waals surface area contributed by atoms with Crippen LogP contribution in [0.15, 0.2) is 534 Å². The highest BCUT2D eigenvalue weighted by atomic mass is 15.0. The molecule has 0 atom stereocenters. The fraction of sp³-hybridized carbons (Fsp3) is 0.0423. The van der Waals surface area contributed by atoms with E-state index in [1.165, 1.54) is 77.9 Å². The molecule has 150 heavy (non-hydrogen) atoms. The van der Waals surface area contributed by atoms with Crippen LogP contribution in [0.25, 0.3) is 202 Å². The van der Waals surface area contributed by atoms with Gasteiger partial charge in [-0.1, -0.05) is 479 Å². The van der Waals surface area contributed by atoms with Crippen molar-refractivity contribution in [2.24, 2.45) is 0 Å². The van der Waals surface area contributed by atoms with Crippen molar-refractivity contribution in [3.8, 4) is 202 Å². The Morgan fingerprint density at radius 3 is 0.720 bits per heavy atom. The van der Waals surface area contributed by atoms with Gasteiger partial charge in [0.1, 0.15) is 0 Å². The van der Waals surface area contributed by atoms with Crippen molar-refractivity contribution in [3.05, 3.63) is 601 Å². The number of nitrogens with zero attached hydrogens (tertiary/aromatic N) is 8. The summed E-state index contributed by atoms with van der Waals surface area (Å²) >= 11 is 0. The normalized spacial score (nSPS) is 12.2. The second-order valence-corrected chi connectivity index (χ2v) is 38.7. The Hall–Kier alpha value is -19.3. The molecule has 0 spiro atoms. The van der Waals surface area contributed by atoms with Gasteiger partial charge in [0.05, 0.1) is 10.8 Å². The minimum atomic E-state index is -0.585. The van der Waals surface area contributed by atoms with Crippen molar-refractivity contribution in [2.75, 3.05) is 0 Å². The van der Waals surface area contributed by atoms with Crippen molar-refractivity contribution >= 4 is 0 Å². The molecule has 0 bridgehead atoms. The predicted molar refractivity (Wildman–Crippen MR) is 616 cm³/mol. The highest BCUT2D eigenvalue weighted by Crippen LogP contribution is 2.60. The molecular weight excluding hydrogens is 1820 g/mol. The van der Waals surface area contributed by atoms with Crippen LogP contribution >= 0.6 is 0 Å². The lowest BCUT2D eigenvalue weighted by Crippen LogP contribution is -2.28. The minimum absolute atomic E-state index is 0.580. The van der Waals surface area contributed by atoms with Crippen molar-refractivity contribution in [1.82, 2.24) is 39.9 Å². The molecule has 708 valence electrons. The maximum Gasteiger partial charge on any atom is 0.164 e. The lowest BCUT2D eigenvalue weighted by molar-refractivity contribution is 0.768. The molecule has 26 rings (SSSR count). The SMILES string of the molecule is Cc1ccc(-c2cccc(-c3nc(-c4ccc(-c5c(-c6ccccc6)cc(-c6ccccc6)cc5-c5ccccc5)cc4)nc(-c4ccc5c(c4)C(c4ccccc4)(c4ccccc4)c4ccccc4-5)n3)c2)c(C)n1.Cc1ccc(-c2ccccc2-c2nc(-c3ccc(-c4c(-c5ccccc5)cc(-c5ccccc5)cc4-c4ccccc4)cc3)nc(-c3ccc4c(c3)C(c3ccccc3)(c3ccccc3)c3ccccc3-4)n2)c(C)n1. The van der Waals surface area contributed by atoms with Gasteiger partial charge in [-0.25, -0.2) is 29.9 Å². The molecule has 8 heteroatoms. The van der Waals surface area contributed by atoms with Crippen LogP contribution in [0.5, 0.6) is 0 Å². The molecule has 0 unspecified atom stereocenters. The van der Waals surface area contributed by atoms with Crippen LogP contribution in [0.4, 0.5) is 0 Å². The largest absolute Gasteiger partial charge is 0.258 e. The molecule has 20 aromatic carbocycles. The summed E-state index contributed by atoms with van der Waals surface area (Å²) in [5, 5.41) is 0. The van der Waals surface area contributed by atoms with Gasteiger partial charge < -0.3 is 0 Å². The van der Waals surface area contributed by atoms with E-state index in [0.29, 0.717) is 34.9 Å². The molecule has 4 heterocycles. The minimum Gasteiger partial charge on any atom is -0.258 e. The number of aromatic nitrogens is 8. The lowest BCUT2D eigenvalue weighted by atomic mass is 9.67. The summed E-state index contributed by atoms with van der Waals surface area (Å²) in [6, 6.07) is 191. The fourth-order valence-corrected chi connectivity index (χ4v) is 22.8. The molecule has 0 N–H and O–H groups in total. The monoisotopic (exact) mass is 1920 g/mol. The highest BCUT2D eigenvalue weighted by molar-refractivity contribution is 6.01. The zero-order valence-electron chi connectivity index (χ0n) is 83.4.